The molecule has 4 atom stereocenters. The predicted molar refractivity (Wildman–Crippen MR) is 137 cm³/mol. The summed E-state index contributed by atoms with van der Waals surface area (Å²) in [4.78, 5) is 25.3. The summed E-state index contributed by atoms with van der Waals surface area (Å²) in [6.45, 7) is 2.13. The van der Waals surface area contributed by atoms with Crippen molar-refractivity contribution in [2.75, 3.05) is 13.7 Å². The maximum atomic E-state index is 12.7. The van der Waals surface area contributed by atoms with E-state index in [-0.39, 0.29) is 25.2 Å². The van der Waals surface area contributed by atoms with Gasteiger partial charge in [0.2, 0.25) is 0 Å². The first-order chi connectivity index (χ1) is 17.1. The number of esters is 1. The van der Waals surface area contributed by atoms with Crippen LogP contribution >= 0.6 is 8.69 Å². The second-order valence-corrected chi connectivity index (χ2v) is 8.81. The first kappa shape index (κ1) is 26.5. The lowest BCUT2D eigenvalue weighted by atomic mass is 9.80. The zero-order valence-corrected chi connectivity index (χ0v) is 21.2. The molecular formula is C27H32NO6P. The highest BCUT2D eigenvalue weighted by Gasteiger charge is 2.32. The maximum Gasteiger partial charge on any atom is 0.407 e. The van der Waals surface area contributed by atoms with Crippen molar-refractivity contribution in [2.24, 2.45) is 5.92 Å². The van der Waals surface area contributed by atoms with Crippen LogP contribution in [0.1, 0.15) is 36.8 Å². The Kier molecular flexibility index (Phi) is 10.3. The van der Waals surface area contributed by atoms with E-state index in [2.05, 4.69) is 5.32 Å². The van der Waals surface area contributed by atoms with Gasteiger partial charge in [0.1, 0.15) is 6.61 Å². The van der Waals surface area contributed by atoms with E-state index >= 15 is 0 Å². The Hall–Kier alpha value is -3.15. The van der Waals surface area contributed by atoms with Crippen LogP contribution in [0.5, 0.6) is 0 Å². The van der Waals surface area contributed by atoms with Gasteiger partial charge in [-0.2, -0.15) is 0 Å². The summed E-state index contributed by atoms with van der Waals surface area (Å²) in [7, 11) is -0.128. The number of fused-ring (bicyclic) bond motifs is 1. The third-order valence-electron chi connectivity index (χ3n) is 6.10. The maximum absolute atomic E-state index is 12.7. The number of carbonyl (C=O) groups is 2. The molecule has 1 amide bonds. The minimum atomic E-state index is -1.45. The predicted octanol–water partition coefficient (Wildman–Crippen LogP) is 5.50. The van der Waals surface area contributed by atoms with E-state index in [0.29, 0.717) is 12.8 Å². The van der Waals surface area contributed by atoms with Crippen LogP contribution in [-0.4, -0.2) is 31.8 Å². The largest absolute Gasteiger partial charge is 0.469 e. The lowest BCUT2D eigenvalue weighted by molar-refractivity contribution is -0.146. The smallest absolute Gasteiger partial charge is 0.407 e. The number of alkyl carbamates (subject to hydrolysis) is 1. The lowest BCUT2D eigenvalue weighted by Crippen LogP contribution is -2.40. The molecule has 0 radical (unpaired) electrons. The molecule has 0 fully saturated rings. The van der Waals surface area contributed by atoms with Crippen LogP contribution < -0.4 is 5.32 Å². The zero-order chi connectivity index (χ0) is 25.0. The van der Waals surface area contributed by atoms with Gasteiger partial charge < -0.3 is 19.3 Å². The summed E-state index contributed by atoms with van der Waals surface area (Å²) in [5.74, 6) is -1.32. The van der Waals surface area contributed by atoms with Crippen molar-refractivity contribution in [1.82, 2.24) is 5.32 Å². The van der Waals surface area contributed by atoms with Crippen LogP contribution in [0.3, 0.4) is 0 Å². The number of hydrogen-bond donors (Lipinski definition) is 1. The molecule has 4 unspecified atom stereocenters. The second-order valence-electron chi connectivity index (χ2n) is 8.28. The van der Waals surface area contributed by atoms with E-state index in [9.17, 15) is 14.2 Å². The summed E-state index contributed by atoms with van der Waals surface area (Å²) in [5, 5.41) is 5.11. The van der Waals surface area contributed by atoms with Gasteiger partial charge in [-0.25, -0.2) is 4.79 Å². The fraction of sp³-hybridized carbons (Fsp3) is 0.333. The fourth-order valence-electron chi connectivity index (χ4n) is 4.35. The van der Waals surface area contributed by atoms with Crippen molar-refractivity contribution >= 4 is 31.5 Å². The number of ether oxygens (including phenoxy) is 2. The van der Waals surface area contributed by atoms with Gasteiger partial charge in [0.05, 0.1) is 19.6 Å². The molecule has 1 N–H and O–H groups in total. The normalized spacial score (nSPS) is 13.9. The Bertz CT molecular complexity index is 1120. The second kappa shape index (κ2) is 13.7. The van der Waals surface area contributed by atoms with Crippen molar-refractivity contribution < 1.29 is 28.2 Å². The molecule has 3 aromatic carbocycles. The Labute approximate surface area is 207 Å². The highest BCUT2D eigenvalue weighted by atomic mass is 31.1. The van der Waals surface area contributed by atoms with Crippen molar-refractivity contribution in [3.05, 3.63) is 83.9 Å². The third kappa shape index (κ3) is 7.41. The number of benzene rings is 3. The molecule has 186 valence electrons. The van der Waals surface area contributed by atoms with Gasteiger partial charge in [-0.15, -0.1) is 0 Å². The van der Waals surface area contributed by atoms with Gasteiger partial charge in [0.15, 0.2) is 8.69 Å². The monoisotopic (exact) mass is 497 g/mol. The van der Waals surface area contributed by atoms with Crippen LogP contribution in [0.4, 0.5) is 4.79 Å². The molecule has 0 aromatic heterocycles. The first-order valence-corrected chi connectivity index (χ1v) is 12.6. The molecule has 3 aromatic rings. The van der Waals surface area contributed by atoms with Gasteiger partial charge >= 0.3 is 12.1 Å². The van der Waals surface area contributed by atoms with Crippen LogP contribution in [0.2, 0.25) is 0 Å². The van der Waals surface area contributed by atoms with Gasteiger partial charge in [0.25, 0.3) is 0 Å². The van der Waals surface area contributed by atoms with Crippen LogP contribution in [0.25, 0.3) is 10.8 Å². The van der Waals surface area contributed by atoms with Crippen molar-refractivity contribution in [2.45, 2.75) is 38.3 Å². The topological polar surface area (TPSA) is 90.9 Å². The quantitative estimate of drug-likeness (QED) is 0.263. The Morgan fingerprint density at radius 2 is 1.69 bits per heavy atom. The van der Waals surface area contributed by atoms with E-state index in [4.69, 9.17) is 14.0 Å². The van der Waals surface area contributed by atoms with Gasteiger partial charge in [-0.3, -0.25) is 9.36 Å². The summed E-state index contributed by atoms with van der Waals surface area (Å²) in [5.41, 5.74) is 1.89. The summed E-state index contributed by atoms with van der Waals surface area (Å²) in [6, 6.07) is 23.2. The average Bonchev–Trinajstić information content (AvgIpc) is 2.91. The average molecular weight is 498 g/mol. The summed E-state index contributed by atoms with van der Waals surface area (Å²) < 4.78 is 26.6. The van der Waals surface area contributed by atoms with E-state index in [0.717, 1.165) is 21.9 Å². The Balaban J connectivity index is 1.89. The molecule has 0 bridgehead atoms. The minimum Gasteiger partial charge on any atom is -0.469 e. The molecule has 0 aliphatic heterocycles. The summed E-state index contributed by atoms with van der Waals surface area (Å²) >= 11 is 0. The number of hydrogen-bond acceptors (Lipinski definition) is 6. The Morgan fingerprint density at radius 3 is 2.40 bits per heavy atom. The van der Waals surface area contributed by atoms with Crippen LogP contribution in [0.15, 0.2) is 72.8 Å². The van der Waals surface area contributed by atoms with E-state index in [1.807, 2.05) is 79.7 Å². The zero-order valence-electron chi connectivity index (χ0n) is 20.0. The molecule has 3 rings (SSSR count). The number of amides is 1. The molecule has 35 heavy (non-hydrogen) atoms. The molecule has 0 aliphatic rings. The number of carbonyl (C=O) groups excluding carboxylic acids is 2. The molecule has 8 heteroatoms. The van der Waals surface area contributed by atoms with E-state index in [1.165, 1.54) is 7.11 Å². The fourth-order valence-corrected chi connectivity index (χ4v) is 4.66. The molecular weight excluding hydrogens is 465 g/mol. The molecule has 0 saturated carbocycles. The molecule has 0 spiro atoms. The molecule has 7 nitrogen and oxygen atoms in total. The van der Waals surface area contributed by atoms with Crippen molar-refractivity contribution in [3.63, 3.8) is 0 Å². The van der Waals surface area contributed by atoms with E-state index in [1.54, 1.807) is 0 Å². The van der Waals surface area contributed by atoms with Crippen LogP contribution in [-0.2, 0) is 30.0 Å². The Morgan fingerprint density at radius 1 is 0.971 bits per heavy atom. The van der Waals surface area contributed by atoms with Gasteiger partial charge in [-0.1, -0.05) is 79.7 Å². The number of rotatable bonds is 12. The minimum absolute atomic E-state index is 0.0122. The number of nitrogens with one attached hydrogen (secondary N) is 1. The van der Waals surface area contributed by atoms with Crippen LogP contribution in [0, 0.1) is 5.92 Å². The third-order valence-corrected chi connectivity index (χ3v) is 6.43. The number of methoxy groups -OCH3 is 1. The van der Waals surface area contributed by atoms with Gasteiger partial charge in [0, 0.05) is 12.0 Å². The first-order valence-electron chi connectivity index (χ1n) is 11.6. The molecule has 0 heterocycles. The molecule has 0 aliphatic carbocycles. The van der Waals surface area contributed by atoms with Crippen molar-refractivity contribution in [1.29, 1.82) is 0 Å². The SMILES string of the molecule is CCC(NC(=O)OCc1ccccc1)C(CC(CO[PH2]=O)C(=O)OC)c1cccc2ccccc12. The van der Waals surface area contributed by atoms with Gasteiger partial charge in [-0.05, 0) is 34.7 Å². The molecule has 0 saturated heterocycles. The highest BCUT2D eigenvalue weighted by molar-refractivity contribution is 7.17. The lowest BCUT2D eigenvalue weighted by Gasteiger charge is -2.30. The summed E-state index contributed by atoms with van der Waals surface area (Å²) in [6.07, 6.45) is 0.425. The van der Waals surface area contributed by atoms with Crippen molar-refractivity contribution in [3.8, 4) is 0 Å². The van der Waals surface area contributed by atoms with E-state index < -0.39 is 26.7 Å². The highest BCUT2D eigenvalue weighted by Crippen LogP contribution is 2.35. The standard InChI is InChI=1S/C27H32NO6P/c1-3-25(28-27(30)33-17-19-10-5-4-6-11-19)24(16-21(18-34-35-31)26(29)32-2)23-15-9-13-20-12-7-8-14-22(20)23/h4-15,21,24-25H,3,16-18,35H2,1-2H3,(H,28,30).